The second-order valence-corrected chi connectivity index (χ2v) is 11.1. The van der Waals surface area contributed by atoms with Crippen molar-refractivity contribution in [3.8, 4) is 0 Å². The molecule has 1 saturated heterocycles. The highest BCUT2D eigenvalue weighted by Gasteiger charge is 2.36. The molecule has 1 unspecified atom stereocenters. The van der Waals surface area contributed by atoms with E-state index in [1.54, 1.807) is 51.1 Å². The fourth-order valence-corrected chi connectivity index (χ4v) is 4.38. The van der Waals surface area contributed by atoms with E-state index in [-0.39, 0.29) is 38.1 Å². The lowest BCUT2D eigenvalue weighted by Crippen LogP contribution is -2.64. The number of likely N-dealkylation sites (tertiary alicyclic amines) is 1. The molecular weight excluding hydrogens is 603 g/mol. The number of alkyl carbamates (subject to hydrolysis) is 1. The van der Waals surface area contributed by atoms with Crippen molar-refractivity contribution >= 4 is 36.2 Å². The van der Waals surface area contributed by atoms with Crippen LogP contribution >= 0.6 is 0 Å². The Morgan fingerprint density at radius 2 is 1.73 bits per heavy atom. The van der Waals surface area contributed by atoms with Gasteiger partial charge in [0.1, 0.15) is 18.4 Å². The van der Waals surface area contributed by atoms with Crippen molar-refractivity contribution in [1.29, 1.82) is 0 Å². The summed E-state index contributed by atoms with van der Waals surface area (Å²) in [6.07, 6.45) is -9.14. The molecule has 1 fully saturated rings. The standard InChI is InChI=1S/C29H34F3N5O8/c1-28(2,3)45-26(41)34-20-10-9-18(29(30,31)32)13-19(20)24(39)36-23(15-38)33-22-14-37(27(42)43)12-11-21(22)35-25(40)44-16-17-7-5-4-6-8-17/h4-10,13,15,21-23,33H,11-12,14,16H2,1-3H3,(H,34,41)(H,35,40)(H,36,39)(H,42,43)/t21-,22+,23?/m1/s1. The number of ether oxygens (including phenoxy) is 2. The summed E-state index contributed by atoms with van der Waals surface area (Å²) in [7, 11) is 0. The van der Waals surface area contributed by atoms with Crippen molar-refractivity contribution in [1.82, 2.24) is 20.9 Å². The number of carboxylic acid groups (broad SMARTS) is 1. The molecule has 0 saturated carbocycles. The molecule has 2 aromatic carbocycles. The number of rotatable bonds is 9. The lowest BCUT2D eigenvalue weighted by Gasteiger charge is -2.39. The number of carbonyl (C=O) groups is 5. The molecule has 0 aliphatic carbocycles. The minimum absolute atomic E-state index is 0.0393. The van der Waals surface area contributed by atoms with Gasteiger partial charge in [-0.2, -0.15) is 13.2 Å². The van der Waals surface area contributed by atoms with E-state index < -0.39 is 65.3 Å². The predicted molar refractivity (Wildman–Crippen MR) is 153 cm³/mol. The zero-order chi connectivity index (χ0) is 33.4. The highest BCUT2D eigenvalue weighted by molar-refractivity contribution is 6.03. The molecule has 0 radical (unpaired) electrons. The normalized spacial score (nSPS) is 17.4. The second kappa shape index (κ2) is 14.7. The van der Waals surface area contributed by atoms with E-state index >= 15 is 0 Å². The molecule has 0 bridgehead atoms. The fourth-order valence-electron chi connectivity index (χ4n) is 4.38. The first-order chi connectivity index (χ1) is 21.1. The van der Waals surface area contributed by atoms with Gasteiger partial charge in [0.2, 0.25) is 0 Å². The molecule has 1 heterocycles. The van der Waals surface area contributed by atoms with Gasteiger partial charge < -0.3 is 30.1 Å². The van der Waals surface area contributed by atoms with Crippen LogP contribution in [0.15, 0.2) is 48.5 Å². The van der Waals surface area contributed by atoms with Crippen molar-refractivity contribution in [3.05, 3.63) is 65.2 Å². The van der Waals surface area contributed by atoms with Crippen LogP contribution in [0.25, 0.3) is 0 Å². The number of aldehydes is 1. The molecule has 5 N–H and O–H groups in total. The number of hydrogen-bond donors (Lipinski definition) is 5. The number of nitrogens with zero attached hydrogens (tertiary/aromatic N) is 1. The Balaban J connectivity index is 1.77. The molecule has 244 valence electrons. The van der Waals surface area contributed by atoms with Crippen molar-refractivity contribution in [2.45, 2.75) is 63.8 Å². The summed E-state index contributed by atoms with van der Waals surface area (Å²) >= 11 is 0. The number of piperidine rings is 1. The van der Waals surface area contributed by atoms with Gasteiger partial charge in [-0.15, -0.1) is 0 Å². The largest absolute Gasteiger partial charge is 0.465 e. The lowest BCUT2D eigenvalue weighted by molar-refractivity contribution is -0.137. The summed E-state index contributed by atoms with van der Waals surface area (Å²) in [4.78, 5) is 62.7. The van der Waals surface area contributed by atoms with Gasteiger partial charge >= 0.3 is 24.5 Å². The van der Waals surface area contributed by atoms with Gasteiger partial charge in [0.15, 0.2) is 6.29 Å². The first-order valence-electron chi connectivity index (χ1n) is 13.7. The fraction of sp³-hybridized carbons (Fsp3) is 0.414. The molecule has 1 aliphatic heterocycles. The summed E-state index contributed by atoms with van der Waals surface area (Å²) in [5.41, 5.74) is -2.37. The number of halogens is 3. The Morgan fingerprint density at radius 3 is 2.33 bits per heavy atom. The van der Waals surface area contributed by atoms with Gasteiger partial charge in [0.05, 0.1) is 22.9 Å². The van der Waals surface area contributed by atoms with Crippen molar-refractivity contribution in [2.24, 2.45) is 0 Å². The maximum atomic E-state index is 13.5. The van der Waals surface area contributed by atoms with E-state index in [0.717, 1.165) is 16.5 Å². The average Bonchev–Trinajstić information content (AvgIpc) is 2.95. The van der Waals surface area contributed by atoms with Gasteiger partial charge in [0.25, 0.3) is 5.91 Å². The molecule has 16 heteroatoms. The average molecular weight is 638 g/mol. The summed E-state index contributed by atoms with van der Waals surface area (Å²) in [5.74, 6) is -1.17. The van der Waals surface area contributed by atoms with E-state index in [2.05, 4.69) is 21.3 Å². The Hall–Kier alpha value is -4.86. The Kier molecular flexibility index (Phi) is 11.3. The van der Waals surface area contributed by atoms with Gasteiger partial charge in [-0.25, -0.2) is 14.4 Å². The Bertz CT molecular complexity index is 1380. The smallest absolute Gasteiger partial charge is 0.416 e. The number of alkyl halides is 3. The van der Waals surface area contributed by atoms with Gasteiger partial charge in [0, 0.05) is 19.1 Å². The van der Waals surface area contributed by atoms with Crippen LogP contribution in [-0.2, 0) is 27.1 Å². The van der Waals surface area contributed by atoms with E-state index in [1.807, 2.05) is 0 Å². The van der Waals surface area contributed by atoms with Crippen LogP contribution in [-0.4, -0.2) is 77.4 Å². The first kappa shape index (κ1) is 34.6. The number of hydrogen-bond acceptors (Lipinski definition) is 8. The quantitative estimate of drug-likeness (QED) is 0.201. The summed E-state index contributed by atoms with van der Waals surface area (Å²) in [5, 5.41) is 19.4. The van der Waals surface area contributed by atoms with Crippen LogP contribution in [0.3, 0.4) is 0 Å². The number of benzene rings is 2. The van der Waals surface area contributed by atoms with Crippen LogP contribution < -0.4 is 21.3 Å². The summed E-state index contributed by atoms with van der Waals surface area (Å²) in [6, 6.07) is 9.17. The second-order valence-electron chi connectivity index (χ2n) is 11.1. The topological polar surface area (TPSA) is 175 Å². The van der Waals surface area contributed by atoms with E-state index in [4.69, 9.17) is 9.47 Å². The molecule has 4 amide bonds. The van der Waals surface area contributed by atoms with Gasteiger partial charge in [-0.1, -0.05) is 30.3 Å². The molecule has 3 atom stereocenters. The maximum Gasteiger partial charge on any atom is 0.416 e. The van der Waals surface area contributed by atoms with E-state index in [9.17, 15) is 42.3 Å². The molecule has 45 heavy (non-hydrogen) atoms. The molecule has 13 nitrogen and oxygen atoms in total. The molecule has 3 rings (SSSR count). The van der Waals surface area contributed by atoms with Crippen molar-refractivity contribution in [2.75, 3.05) is 18.4 Å². The summed E-state index contributed by atoms with van der Waals surface area (Å²) in [6.45, 7) is 4.48. The minimum atomic E-state index is -4.84. The minimum Gasteiger partial charge on any atom is -0.465 e. The van der Waals surface area contributed by atoms with E-state index in [0.29, 0.717) is 12.1 Å². The number of carbonyl (C=O) groups excluding carboxylic acids is 4. The number of anilines is 1. The zero-order valence-electron chi connectivity index (χ0n) is 24.6. The zero-order valence-corrected chi connectivity index (χ0v) is 24.6. The third-order valence-electron chi connectivity index (χ3n) is 6.44. The lowest BCUT2D eigenvalue weighted by atomic mass is 9.99. The van der Waals surface area contributed by atoms with Crippen LogP contribution in [0.4, 0.5) is 33.2 Å². The predicted octanol–water partition coefficient (Wildman–Crippen LogP) is 3.94. The van der Waals surface area contributed by atoms with E-state index in [1.165, 1.54) is 0 Å². The highest BCUT2D eigenvalue weighted by atomic mass is 19.4. The van der Waals surface area contributed by atoms with Crippen LogP contribution in [0.2, 0.25) is 0 Å². The van der Waals surface area contributed by atoms with Crippen molar-refractivity contribution in [3.63, 3.8) is 0 Å². The highest BCUT2D eigenvalue weighted by Crippen LogP contribution is 2.32. The number of amides is 4. The molecular formula is C29H34F3N5O8. The molecule has 0 aromatic heterocycles. The molecule has 1 aliphatic rings. The Morgan fingerprint density at radius 1 is 1.04 bits per heavy atom. The van der Waals surface area contributed by atoms with Gasteiger partial charge in [-0.3, -0.25) is 20.2 Å². The van der Waals surface area contributed by atoms with Gasteiger partial charge in [-0.05, 0) is 51.0 Å². The van der Waals surface area contributed by atoms with Crippen LogP contribution in [0.1, 0.15) is 48.7 Å². The van der Waals surface area contributed by atoms with Crippen LogP contribution in [0.5, 0.6) is 0 Å². The first-order valence-corrected chi connectivity index (χ1v) is 13.7. The SMILES string of the molecule is CC(C)(C)OC(=O)Nc1ccc(C(F)(F)F)cc1C(=O)NC(C=O)N[C@H]1CN(C(=O)O)CC[C@H]1NC(=O)OCc1ccccc1. The number of nitrogens with one attached hydrogen (secondary N) is 4. The third-order valence-corrected chi connectivity index (χ3v) is 6.44. The van der Waals surface area contributed by atoms with Crippen molar-refractivity contribution < 1.29 is 51.7 Å². The molecule has 2 aromatic rings. The Labute approximate surface area is 256 Å². The maximum absolute atomic E-state index is 13.5. The summed E-state index contributed by atoms with van der Waals surface area (Å²) < 4.78 is 50.8. The monoisotopic (exact) mass is 637 g/mol. The molecule has 0 spiro atoms. The van der Waals surface area contributed by atoms with Crippen LogP contribution in [0, 0.1) is 0 Å². The third kappa shape index (κ3) is 10.7.